The fraction of sp³-hybridized carbons (Fsp3) is 0. The third kappa shape index (κ3) is 2.93. The Balaban J connectivity index is 1.88. The Hall–Kier alpha value is -3.93. The molecule has 6 nitrogen and oxygen atoms in total. The van der Waals surface area contributed by atoms with Crippen LogP contribution in [-0.4, -0.2) is 16.0 Å². The monoisotopic (exact) mass is 359 g/mol. The first-order chi connectivity index (χ1) is 13.0. The van der Waals surface area contributed by atoms with Gasteiger partial charge in [0.1, 0.15) is 5.58 Å². The lowest BCUT2D eigenvalue weighted by atomic mass is 10.0. The summed E-state index contributed by atoms with van der Waals surface area (Å²) in [6.07, 6.45) is 0. The Kier molecular flexibility index (Phi) is 3.93. The third-order valence-corrected chi connectivity index (χ3v) is 4.35. The predicted octanol–water partition coefficient (Wildman–Crippen LogP) is 5.37. The molecule has 0 aliphatic rings. The maximum atomic E-state index is 11.7. The second-order valence-corrected chi connectivity index (χ2v) is 6.00. The largest absolute Gasteiger partial charge is 0.478 e. The van der Waals surface area contributed by atoms with Crippen LogP contribution in [0.4, 0.5) is 5.69 Å². The van der Waals surface area contributed by atoms with E-state index in [1.165, 1.54) is 12.1 Å². The molecule has 0 radical (unpaired) electrons. The molecule has 3 aromatic carbocycles. The predicted molar refractivity (Wildman–Crippen MR) is 101 cm³/mol. The minimum absolute atomic E-state index is 0.0831. The van der Waals surface area contributed by atoms with Gasteiger partial charge in [-0.1, -0.05) is 48.5 Å². The van der Waals surface area contributed by atoms with E-state index in [0.717, 1.165) is 11.1 Å². The molecule has 0 atom stereocenters. The van der Waals surface area contributed by atoms with Crippen LogP contribution in [0.2, 0.25) is 0 Å². The SMILES string of the molecule is O=C(O)c1ccc(-c2ccc3oc(-c4ccccc4)c([N+](=O)[O-])c3c2)cc1. The van der Waals surface area contributed by atoms with E-state index in [1.807, 2.05) is 6.07 Å². The number of aromatic carboxylic acids is 1. The van der Waals surface area contributed by atoms with Crippen LogP contribution in [-0.2, 0) is 0 Å². The summed E-state index contributed by atoms with van der Waals surface area (Å²) in [5.41, 5.74) is 2.65. The molecule has 132 valence electrons. The van der Waals surface area contributed by atoms with Crippen LogP contribution in [0.3, 0.4) is 0 Å². The van der Waals surface area contributed by atoms with Gasteiger partial charge in [-0.05, 0) is 35.4 Å². The number of fused-ring (bicyclic) bond motifs is 1. The van der Waals surface area contributed by atoms with Crippen molar-refractivity contribution in [3.63, 3.8) is 0 Å². The van der Waals surface area contributed by atoms with Gasteiger partial charge in [0.05, 0.1) is 15.9 Å². The number of carboxylic acid groups (broad SMARTS) is 1. The van der Waals surface area contributed by atoms with Crippen molar-refractivity contribution in [2.75, 3.05) is 0 Å². The van der Waals surface area contributed by atoms with Crippen molar-refractivity contribution in [1.82, 2.24) is 0 Å². The fourth-order valence-corrected chi connectivity index (χ4v) is 3.04. The summed E-state index contributed by atoms with van der Waals surface area (Å²) in [5, 5.41) is 21.1. The number of nitro groups is 1. The molecule has 1 heterocycles. The first kappa shape index (κ1) is 16.5. The summed E-state index contributed by atoms with van der Waals surface area (Å²) in [5.74, 6) is -0.788. The van der Waals surface area contributed by atoms with Crippen molar-refractivity contribution in [1.29, 1.82) is 0 Å². The Labute approximate surface area is 153 Å². The van der Waals surface area contributed by atoms with Crippen molar-refractivity contribution < 1.29 is 19.2 Å². The Morgan fingerprint density at radius 1 is 0.889 bits per heavy atom. The maximum absolute atomic E-state index is 11.7. The molecular weight excluding hydrogens is 346 g/mol. The van der Waals surface area contributed by atoms with E-state index < -0.39 is 10.9 Å². The number of hydrogen-bond acceptors (Lipinski definition) is 4. The number of furan rings is 1. The van der Waals surface area contributed by atoms with Crippen LogP contribution in [0.5, 0.6) is 0 Å². The second-order valence-electron chi connectivity index (χ2n) is 6.00. The van der Waals surface area contributed by atoms with Gasteiger partial charge >= 0.3 is 11.7 Å². The summed E-state index contributed by atoms with van der Waals surface area (Å²) >= 11 is 0. The molecule has 0 unspecified atom stereocenters. The van der Waals surface area contributed by atoms with E-state index in [4.69, 9.17) is 9.52 Å². The van der Waals surface area contributed by atoms with Gasteiger partial charge in [-0.25, -0.2) is 4.79 Å². The topological polar surface area (TPSA) is 93.6 Å². The number of nitrogens with zero attached hydrogens (tertiary/aromatic N) is 1. The van der Waals surface area contributed by atoms with Gasteiger partial charge in [-0.2, -0.15) is 0 Å². The lowest BCUT2D eigenvalue weighted by molar-refractivity contribution is -0.382. The first-order valence-corrected chi connectivity index (χ1v) is 8.14. The molecule has 0 aliphatic carbocycles. The zero-order chi connectivity index (χ0) is 19.0. The molecule has 0 bridgehead atoms. The summed E-state index contributed by atoms with van der Waals surface area (Å²) in [6.45, 7) is 0. The number of benzene rings is 3. The van der Waals surface area contributed by atoms with Crippen molar-refractivity contribution in [3.05, 3.63) is 88.5 Å². The van der Waals surface area contributed by atoms with Crippen LogP contribution in [0, 0.1) is 10.1 Å². The lowest BCUT2D eigenvalue weighted by Gasteiger charge is -2.02. The van der Waals surface area contributed by atoms with Crippen LogP contribution in [0.15, 0.2) is 77.2 Å². The standard InChI is InChI=1S/C21H13NO5/c23-21(24)15-8-6-13(7-9-15)16-10-11-18-17(12-16)19(22(25)26)20(27-18)14-4-2-1-3-5-14/h1-12H,(H,23,24). The molecule has 0 fully saturated rings. The molecule has 0 aliphatic heterocycles. The Morgan fingerprint density at radius 3 is 2.19 bits per heavy atom. The van der Waals surface area contributed by atoms with Gasteiger partial charge in [0.25, 0.3) is 0 Å². The van der Waals surface area contributed by atoms with Crippen molar-refractivity contribution in [3.8, 4) is 22.5 Å². The molecule has 0 spiro atoms. The Morgan fingerprint density at radius 2 is 1.56 bits per heavy atom. The zero-order valence-electron chi connectivity index (χ0n) is 14.0. The smallest absolute Gasteiger partial charge is 0.335 e. The molecule has 4 rings (SSSR count). The third-order valence-electron chi connectivity index (χ3n) is 4.35. The highest BCUT2D eigenvalue weighted by atomic mass is 16.6. The zero-order valence-corrected chi connectivity index (χ0v) is 14.0. The number of hydrogen-bond donors (Lipinski definition) is 1. The first-order valence-electron chi connectivity index (χ1n) is 8.14. The highest BCUT2D eigenvalue weighted by molar-refractivity contribution is 5.97. The number of rotatable bonds is 4. The molecular formula is C21H13NO5. The second kappa shape index (κ2) is 6.42. The molecule has 4 aromatic rings. The van der Waals surface area contributed by atoms with E-state index in [1.54, 1.807) is 54.6 Å². The molecule has 0 saturated carbocycles. The van der Waals surface area contributed by atoms with Crippen LogP contribution in [0.25, 0.3) is 33.4 Å². The van der Waals surface area contributed by atoms with Gasteiger partial charge in [0, 0.05) is 5.56 Å². The summed E-state index contributed by atoms with van der Waals surface area (Å²) < 4.78 is 5.77. The molecule has 0 amide bonds. The van der Waals surface area contributed by atoms with Crippen LogP contribution >= 0.6 is 0 Å². The van der Waals surface area contributed by atoms with Crippen molar-refractivity contribution in [2.24, 2.45) is 0 Å². The van der Waals surface area contributed by atoms with E-state index >= 15 is 0 Å². The lowest BCUT2D eigenvalue weighted by Crippen LogP contribution is -1.94. The minimum atomic E-state index is -1.00. The number of carbonyl (C=O) groups is 1. The van der Waals surface area contributed by atoms with Crippen molar-refractivity contribution >= 4 is 22.6 Å². The van der Waals surface area contributed by atoms with E-state index in [-0.39, 0.29) is 17.0 Å². The molecule has 0 saturated heterocycles. The average Bonchev–Trinajstić information content (AvgIpc) is 3.07. The van der Waals surface area contributed by atoms with Crippen LogP contribution < -0.4 is 0 Å². The van der Waals surface area contributed by atoms with Gasteiger partial charge in [0.15, 0.2) is 0 Å². The molecule has 6 heteroatoms. The van der Waals surface area contributed by atoms with E-state index in [2.05, 4.69) is 0 Å². The summed E-state index contributed by atoms with van der Waals surface area (Å²) in [7, 11) is 0. The van der Waals surface area contributed by atoms with Crippen LogP contribution in [0.1, 0.15) is 10.4 Å². The molecule has 1 N–H and O–H groups in total. The van der Waals surface area contributed by atoms with E-state index in [0.29, 0.717) is 16.5 Å². The summed E-state index contributed by atoms with van der Waals surface area (Å²) in [4.78, 5) is 22.3. The average molecular weight is 359 g/mol. The molecule has 27 heavy (non-hydrogen) atoms. The fourth-order valence-electron chi connectivity index (χ4n) is 3.04. The number of carboxylic acids is 1. The normalized spacial score (nSPS) is 10.8. The van der Waals surface area contributed by atoms with Gasteiger partial charge in [0.2, 0.25) is 5.76 Å². The Bertz CT molecular complexity index is 1160. The van der Waals surface area contributed by atoms with E-state index in [9.17, 15) is 14.9 Å². The highest BCUT2D eigenvalue weighted by Gasteiger charge is 2.26. The summed E-state index contributed by atoms with van der Waals surface area (Å²) in [6, 6.07) is 20.5. The quantitative estimate of drug-likeness (QED) is 0.390. The van der Waals surface area contributed by atoms with Crippen molar-refractivity contribution in [2.45, 2.75) is 0 Å². The van der Waals surface area contributed by atoms with Gasteiger partial charge in [-0.3, -0.25) is 10.1 Å². The molecule has 1 aromatic heterocycles. The minimum Gasteiger partial charge on any atom is -0.478 e. The maximum Gasteiger partial charge on any atom is 0.335 e. The van der Waals surface area contributed by atoms with Gasteiger partial charge in [-0.15, -0.1) is 0 Å². The highest BCUT2D eigenvalue weighted by Crippen LogP contribution is 2.41. The van der Waals surface area contributed by atoms with Gasteiger partial charge < -0.3 is 9.52 Å².